The van der Waals surface area contributed by atoms with Crippen molar-refractivity contribution in [1.82, 2.24) is 14.5 Å². The number of aryl methyl sites for hydroxylation is 1. The van der Waals surface area contributed by atoms with E-state index in [1.165, 1.54) is 11.0 Å². The van der Waals surface area contributed by atoms with Crippen LogP contribution in [0.4, 0.5) is 0 Å². The number of thiophene rings is 1. The van der Waals surface area contributed by atoms with E-state index in [0.717, 1.165) is 32.3 Å². The lowest BCUT2D eigenvalue weighted by atomic mass is 10.1. The van der Waals surface area contributed by atoms with Crippen LogP contribution in [0.1, 0.15) is 23.1 Å². The number of carbonyl (C=O) groups is 2. The molecule has 10 heteroatoms. The van der Waals surface area contributed by atoms with Gasteiger partial charge in [0.1, 0.15) is 4.21 Å². The molecule has 8 nitrogen and oxygen atoms in total. The van der Waals surface area contributed by atoms with Crippen LogP contribution in [0.15, 0.2) is 76.3 Å². The number of amides is 2. The molecule has 1 saturated heterocycles. The minimum atomic E-state index is -3.94. The molecule has 0 aliphatic carbocycles. The van der Waals surface area contributed by atoms with Crippen LogP contribution >= 0.6 is 11.3 Å². The van der Waals surface area contributed by atoms with Crippen molar-refractivity contribution < 1.29 is 18.0 Å². The molecule has 1 atom stereocenters. The van der Waals surface area contributed by atoms with Gasteiger partial charge in [0, 0.05) is 32.6 Å². The van der Waals surface area contributed by atoms with Gasteiger partial charge < -0.3 is 16.0 Å². The van der Waals surface area contributed by atoms with Crippen LogP contribution in [0.25, 0.3) is 0 Å². The Bertz CT molecular complexity index is 1260. The second kappa shape index (κ2) is 11.1. The van der Waals surface area contributed by atoms with Gasteiger partial charge in [0.15, 0.2) is 6.17 Å². The molecule has 3 aromatic rings. The van der Waals surface area contributed by atoms with E-state index in [-0.39, 0.29) is 36.2 Å². The third-order valence-electron chi connectivity index (χ3n) is 5.91. The number of carbonyl (C=O) groups excluding carboxylic acids is 2. The van der Waals surface area contributed by atoms with E-state index in [0.29, 0.717) is 13.0 Å². The van der Waals surface area contributed by atoms with Crippen LogP contribution < -0.4 is 11.1 Å². The smallest absolute Gasteiger partial charge is 0.259 e. The Morgan fingerprint density at radius 1 is 0.971 bits per heavy atom. The molecule has 2 amide bonds. The molecular formula is C25H28N4O4S2. The SMILES string of the molecule is NCc1cccc(CNC(=O)C2N(C(=O)CCc3ccccc3)CCN2S(=O)(=O)c2cccs2)c1. The Kier molecular flexibility index (Phi) is 7.97. The average molecular weight is 513 g/mol. The minimum Gasteiger partial charge on any atom is -0.349 e. The topological polar surface area (TPSA) is 113 Å². The van der Waals surface area contributed by atoms with Crippen LogP contribution in [0.2, 0.25) is 0 Å². The molecule has 1 unspecified atom stereocenters. The summed E-state index contributed by atoms with van der Waals surface area (Å²) in [6.45, 7) is 0.778. The third kappa shape index (κ3) is 5.79. The number of nitrogens with two attached hydrogens (primary N) is 1. The van der Waals surface area contributed by atoms with E-state index >= 15 is 0 Å². The number of nitrogens with zero attached hydrogens (tertiary/aromatic N) is 2. The Labute approximate surface area is 209 Å². The Hall–Kier alpha value is -3.05. The molecule has 1 aromatic heterocycles. The van der Waals surface area contributed by atoms with Gasteiger partial charge in [-0.15, -0.1) is 11.3 Å². The van der Waals surface area contributed by atoms with Crippen LogP contribution in [0.5, 0.6) is 0 Å². The van der Waals surface area contributed by atoms with E-state index < -0.39 is 22.1 Å². The summed E-state index contributed by atoms with van der Waals surface area (Å²) in [5.41, 5.74) is 8.48. The summed E-state index contributed by atoms with van der Waals surface area (Å²) in [6, 6.07) is 20.2. The predicted molar refractivity (Wildman–Crippen MR) is 135 cm³/mol. The highest BCUT2D eigenvalue weighted by Gasteiger charge is 2.46. The molecule has 0 bridgehead atoms. The highest BCUT2D eigenvalue weighted by Crippen LogP contribution is 2.28. The van der Waals surface area contributed by atoms with Crippen molar-refractivity contribution in [2.75, 3.05) is 13.1 Å². The number of sulfonamides is 1. The lowest BCUT2D eigenvalue weighted by molar-refractivity contribution is -0.140. The molecule has 0 radical (unpaired) electrons. The normalized spacial score (nSPS) is 16.4. The molecule has 3 N–H and O–H groups in total. The molecule has 4 rings (SSSR count). The van der Waals surface area contributed by atoms with Gasteiger partial charge in [-0.3, -0.25) is 9.59 Å². The first kappa shape index (κ1) is 25.1. The largest absolute Gasteiger partial charge is 0.349 e. The molecule has 1 aliphatic heterocycles. The molecule has 2 aromatic carbocycles. The van der Waals surface area contributed by atoms with E-state index in [1.54, 1.807) is 11.4 Å². The lowest BCUT2D eigenvalue weighted by Crippen LogP contribution is -2.53. The second-order valence-electron chi connectivity index (χ2n) is 8.24. The molecule has 2 heterocycles. The Morgan fingerprint density at radius 3 is 2.43 bits per heavy atom. The molecule has 0 saturated carbocycles. The van der Waals surface area contributed by atoms with E-state index in [2.05, 4.69) is 5.32 Å². The zero-order chi connectivity index (χ0) is 24.8. The minimum absolute atomic E-state index is 0.0536. The fraction of sp³-hybridized carbons (Fsp3) is 0.280. The van der Waals surface area contributed by atoms with Gasteiger partial charge in [0.25, 0.3) is 15.9 Å². The highest BCUT2D eigenvalue weighted by atomic mass is 32.2. The van der Waals surface area contributed by atoms with Gasteiger partial charge in [-0.25, -0.2) is 8.42 Å². The van der Waals surface area contributed by atoms with Gasteiger partial charge in [-0.05, 0) is 34.6 Å². The zero-order valence-electron chi connectivity index (χ0n) is 19.2. The molecule has 0 spiro atoms. The second-order valence-corrected chi connectivity index (χ2v) is 11.3. The number of rotatable bonds is 9. The van der Waals surface area contributed by atoms with Gasteiger partial charge in [0.05, 0.1) is 0 Å². The summed E-state index contributed by atoms with van der Waals surface area (Å²) in [5, 5.41) is 4.49. The van der Waals surface area contributed by atoms with Crippen LogP contribution in [0.3, 0.4) is 0 Å². The zero-order valence-corrected chi connectivity index (χ0v) is 20.8. The predicted octanol–water partition coefficient (Wildman–Crippen LogP) is 2.31. The van der Waals surface area contributed by atoms with Gasteiger partial charge in [-0.2, -0.15) is 4.31 Å². The van der Waals surface area contributed by atoms with Crippen molar-refractivity contribution in [2.45, 2.75) is 36.3 Å². The summed E-state index contributed by atoms with van der Waals surface area (Å²) < 4.78 is 27.9. The van der Waals surface area contributed by atoms with Crippen molar-refractivity contribution in [1.29, 1.82) is 0 Å². The van der Waals surface area contributed by atoms with Crippen LogP contribution in [-0.2, 0) is 39.1 Å². The standard InChI is InChI=1S/C25H28N4O4S2/c26-17-20-8-4-9-21(16-20)18-27-24(31)25-28(22(30)12-11-19-6-2-1-3-7-19)13-14-29(25)35(32,33)23-10-5-15-34-23/h1-10,15-16,25H,11-14,17-18,26H2,(H,27,31). The Morgan fingerprint density at radius 2 is 1.71 bits per heavy atom. The summed E-state index contributed by atoms with van der Waals surface area (Å²) >= 11 is 1.09. The first-order chi connectivity index (χ1) is 16.9. The first-order valence-electron chi connectivity index (χ1n) is 11.3. The van der Waals surface area contributed by atoms with Gasteiger partial charge in [0.2, 0.25) is 5.91 Å². The summed E-state index contributed by atoms with van der Waals surface area (Å²) in [6.07, 6.45) is -0.559. The number of nitrogens with one attached hydrogen (secondary N) is 1. The van der Waals surface area contributed by atoms with Crippen LogP contribution in [-0.4, -0.2) is 48.7 Å². The maximum atomic E-state index is 13.4. The van der Waals surface area contributed by atoms with Crippen molar-refractivity contribution in [2.24, 2.45) is 5.73 Å². The molecular weight excluding hydrogens is 484 g/mol. The summed E-state index contributed by atoms with van der Waals surface area (Å²) in [5.74, 6) is -0.795. The number of hydrogen-bond acceptors (Lipinski definition) is 6. The van der Waals surface area contributed by atoms with E-state index in [4.69, 9.17) is 5.73 Å². The van der Waals surface area contributed by atoms with Gasteiger partial charge >= 0.3 is 0 Å². The summed E-state index contributed by atoms with van der Waals surface area (Å²) in [7, 11) is -3.94. The number of hydrogen-bond donors (Lipinski definition) is 2. The molecule has 1 fully saturated rings. The van der Waals surface area contributed by atoms with Crippen molar-refractivity contribution >= 4 is 33.2 Å². The van der Waals surface area contributed by atoms with Crippen molar-refractivity contribution in [3.05, 3.63) is 88.8 Å². The number of benzene rings is 2. The molecule has 35 heavy (non-hydrogen) atoms. The molecule has 184 valence electrons. The van der Waals surface area contributed by atoms with Crippen molar-refractivity contribution in [3.8, 4) is 0 Å². The molecule has 1 aliphatic rings. The Balaban J connectivity index is 1.54. The third-order valence-corrected chi connectivity index (χ3v) is 9.13. The fourth-order valence-electron chi connectivity index (χ4n) is 4.10. The van der Waals surface area contributed by atoms with E-state index in [1.807, 2.05) is 54.6 Å². The van der Waals surface area contributed by atoms with Gasteiger partial charge in [-0.1, -0.05) is 60.7 Å². The average Bonchev–Trinajstić information content (AvgIpc) is 3.58. The monoisotopic (exact) mass is 512 g/mol. The summed E-state index contributed by atoms with van der Waals surface area (Å²) in [4.78, 5) is 27.9. The lowest BCUT2D eigenvalue weighted by Gasteiger charge is -2.28. The quantitative estimate of drug-likeness (QED) is 0.457. The fourth-order valence-corrected chi connectivity index (χ4v) is 6.77. The first-order valence-corrected chi connectivity index (χ1v) is 13.7. The highest BCUT2D eigenvalue weighted by molar-refractivity contribution is 7.91. The maximum absolute atomic E-state index is 13.4. The maximum Gasteiger partial charge on any atom is 0.259 e. The van der Waals surface area contributed by atoms with E-state index in [9.17, 15) is 18.0 Å². The van der Waals surface area contributed by atoms with Crippen LogP contribution in [0, 0.1) is 0 Å². The van der Waals surface area contributed by atoms with Crippen molar-refractivity contribution in [3.63, 3.8) is 0 Å².